The van der Waals surface area contributed by atoms with Crippen LogP contribution in [-0.4, -0.2) is 21.9 Å². The van der Waals surface area contributed by atoms with Crippen molar-refractivity contribution in [3.8, 4) is 0 Å². The average Bonchev–Trinajstić information content (AvgIpc) is 2.34. The van der Waals surface area contributed by atoms with Crippen molar-refractivity contribution < 1.29 is 19.4 Å². The van der Waals surface area contributed by atoms with Crippen molar-refractivity contribution >= 4 is 5.97 Å². The van der Waals surface area contributed by atoms with Gasteiger partial charge in [0.25, 0.3) is 0 Å². The molecule has 0 bridgehead atoms. The molecule has 0 aromatic carbocycles. The number of nitrogens with zero attached hydrogens (tertiary/aromatic N) is 2. The molecule has 0 fully saturated rings. The fraction of sp³-hybridized carbons (Fsp3) is 0.750. The predicted molar refractivity (Wildman–Crippen MR) is 71.0 cm³/mol. The summed E-state index contributed by atoms with van der Waals surface area (Å²) in [6.45, 7) is 4.59. The van der Waals surface area contributed by atoms with E-state index in [1.807, 2.05) is 0 Å². The maximum absolute atomic E-state index is 11.6. The summed E-state index contributed by atoms with van der Waals surface area (Å²) in [5.41, 5.74) is -1.94. The maximum Gasteiger partial charge on any atom is 0.424 e. The first-order valence-corrected chi connectivity index (χ1v) is 6.51. The molecular formula is C12H20N2O6. The highest BCUT2D eigenvalue weighted by molar-refractivity contribution is 5.86. The summed E-state index contributed by atoms with van der Waals surface area (Å²) < 4.78 is 4.88. The summed E-state index contributed by atoms with van der Waals surface area (Å²) in [6, 6.07) is 0. The minimum absolute atomic E-state index is 0.506. The molecule has 0 saturated carbocycles. The SMILES string of the molecule is CCCCCCC(C)OC(=O)/C(=C(/C)[N+](=O)[O-])[N+](=O)[O-]. The third-order valence-electron chi connectivity index (χ3n) is 2.76. The normalized spacial score (nSPS) is 13.3. The van der Waals surface area contributed by atoms with E-state index in [0.717, 1.165) is 32.6 Å². The highest BCUT2D eigenvalue weighted by Crippen LogP contribution is 2.13. The van der Waals surface area contributed by atoms with Gasteiger partial charge in [-0.1, -0.05) is 26.2 Å². The fourth-order valence-electron chi connectivity index (χ4n) is 1.60. The zero-order chi connectivity index (χ0) is 15.7. The van der Waals surface area contributed by atoms with Crippen molar-refractivity contribution in [1.29, 1.82) is 0 Å². The van der Waals surface area contributed by atoms with E-state index in [9.17, 15) is 25.0 Å². The van der Waals surface area contributed by atoms with Crippen molar-refractivity contribution in [3.05, 3.63) is 31.6 Å². The van der Waals surface area contributed by atoms with E-state index in [4.69, 9.17) is 4.74 Å². The van der Waals surface area contributed by atoms with Gasteiger partial charge in [0, 0.05) is 6.92 Å². The molecule has 0 aliphatic carbocycles. The van der Waals surface area contributed by atoms with Crippen LogP contribution < -0.4 is 0 Å². The van der Waals surface area contributed by atoms with Crippen LogP contribution in [0.1, 0.15) is 52.9 Å². The number of unbranched alkanes of at least 4 members (excludes halogenated alkanes) is 3. The summed E-state index contributed by atoms with van der Waals surface area (Å²) in [7, 11) is 0. The minimum atomic E-state index is -1.26. The van der Waals surface area contributed by atoms with Gasteiger partial charge in [0.1, 0.15) is 0 Å². The lowest BCUT2D eigenvalue weighted by atomic mass is 10.1. The Hall–Kier alpha value is -1.99. The first kappa shape index (κ1) is 18.0. The molecule has 0 amide bonds. The Morgan fingerprint density at radius 3 is 2.20 bits per heavy atom. The lowest BCUT2D eigenvalue weighted by Gasteiger charge is -2.11. The van der Waals surface area contributed by atoms with E-state index in [0.29, 0.717) is 6.42 Å². The Kier molecular flexibility index (Phi) is 8.10. The number of rotatable bonds is 9. The molecule has 0 aliphatic rings. The molecule has 0 radical (unpaired) electrons. The van der Waals surface area contributed by atoms with Crippen LogP contribution in [0.5, 0.6) is 0 Å². The quantitative estimate of drug-likeness (QED) is 0.212. The number of hydrogen-bond donors (Lipinski definition) is 0. The summed E-state index contributed by atoms with van der Waals surface area (Å²) >= 11 is 0. The molecule has 8 nitrogen and oxygen atoms in total. The molecule has 0 spiro atoms. The molecule has 0 saturated heterocycles. The Labute approximate surface area is 117 Å². The zero-order valence-electron chi connectivity index (χ0n) is 12.0. The van der Waals surface area contributed by atoms with Crippen LogP contribution in [0.25, 0.3) is 0 Å². The monoisotopic (exact) mass is 288 g/mol. The van der Waals surface area contributed by atoms with Gasteiger partial charge < -0.3 is 4.74 Å². The van der Waals surface area contributed by atoms with E-state index in [2.05, 4.69) is 6.92 Å². The molecule has 0 aromatic rings. The van der Waals surface area contributed by atoms with Gasteiger partial charge in [-0.2, -0.15) is 0 Å². The number of hydrogen-bond acceptors (Lipinski definition) is 6. The third-order valence-corrected chi connectivity index (χ3v) is 2.76. The number of carbonyl (C=O) groups is 1. The molecule has 0 N–H and O–H groups in total. The van der Waals surface area contributed by atoms with Crippen LogP contribution in [0.15, 0.2) is 11.4 Å². The topological polar surface area (TPSA) is 113 Å². The van der Waals surface area contributed by atoms with E-state index in [-0.39, 0.29) is 0 Å². The van der Waals surface area contributed by atoms with Crippen LogP contribution in [0.4, 0.5) is 0 Å². The van der Waals surface area contributed by atoms with Crippen molar-refractivity contribution in [1.82, 2.24) is 0 Å². The van der Waals surface area contributed by atoms with Gasteiger partial charge in [-0.15, -0.1) is 0 Å². The van der Waals surface area contributed by atoms with Gasteiger partial charge in [-0.3, -0.25) is 20.2 Å². The smallest absolute Gasteiger partial charge is 0.424 e. The fourth-order valence-corrected chi connectivity index (χ4v) is 1.60. The number of esters is 1. The number of ether oxygens (including phenoxy) is 1. The van der Waals surface area contributed by atoms with Crippen LogP contribution in [0.2, 0.25) is 0 Å². The first-order chi connectivity index (χ1) is 9.31. The van der Waals surface area contributed by atoms with Gasteiger partial charge in [-0.05, 0) is 19.8 Å². The highest BCUT2D eigenvalue weighted by atomic mass is 16.6. The van der Waals surface area contributed by atoms with Crippen LogP contribution in [0, 0.1) is 20.2 Å². The predicted octanol–water partition coefficient (Wildman–Crippen LogP) is 2.67. The Morgan fingerprint density at radius 1 is 1.15 bits per heavy atom. The molecule has 1 unspecified atom stereocenters. The molecule has 114 valence electrons. The lowest BCUT2D eigenvalue weighted by Crippen LogP contribution is -2.23. The van der Waals surface area contributed by atoms with E-state index in [1.54, 1.807) is 6.92 Å². The Balaban J connectivity index is 4.60. The summed E-state index contributed by atoms with van der Waals surface area (Å²) in [4.78, 5) is 30.8. The lowest BCUT2D eigenvalue weighted by molar-refractivity contribution is -0.468. The maximum atomic E-state index is 11.6. The van der Waals surface area contributed by atoms with Gasteiger partial charge in [-0.25, -0.2) is 4.79 Å². The van der Waals surface area contributed by atoms with Crippen molar-refractivity contribution in [2.45, 2.75) is 59.0 Å². The van der Waals surface area contributed by atoms with Gasteiger partial charge in [0.15, 0.2) is 0 Å². The molecule has 0 aliphatic heterocycles. The first-order valence-electron chi connectivity index (χ1n) is 6.51. The second-order valence-corrected chi connectivity index (χ2v) is 4.51. The number of allylic oxidation sites excluding steroid dienone is 1. The number of nitro groups is 2. The zero-order valence-corrected chi connectivity index (χ0v) is 12.0. The molecule has 1 atom stereocenters. The van der Waals surface area contributed by atoms with E-state index >= 15 is 0 Å². The standard InChI is InChI=1S/C12H20N2O6/c1-4-5-6-7-8-9(2)20-12(15)11(14(18)19)10(3)13(16)17/h9H,4-8H2,1-3H3/b11-10+. The summed E-state index contributed by atoms with van der Waals surface area (Å²) in [5, 5.41) is 21.2. The van der Waals surface area contributed by atoms with Gasteiger partial charge in [0.05, 0.1) is 16.0 Å². The molecule has 0 aromatic heterocycles. The molecule has 0 rings (SSSR count). The average molecular weight is 288 g/mol. The second kappa shape index (κ2) is 9.00. The highest BCUT2D eigenvalue weighted by Gasteiger charge is 2.35. The van der Waals surface area contributed by atoms with Gasteiger partial charge >= 0.3 is 17.4 Å². The molecule has 8 heteroatoms. The Bertz CT molecular complexity index is 405. The van der Waals surface area contributed by atoms with Crippen molar-refractivity contribution in [3.63, 3.8) is 0 Å². The van der Waals surface area contributed by atoms with Crippen molar-refractivity contribution in [2.24, 2.45) is 0 Å². The largest absolute Gasteiger partial charge is 0.454 e. The van der Waals surface area contributed by atoms with Crippen LogP contribution in [-0.2, 0) is 9.53 Å². The molecular weight excluding hydrogens is 268 g/mol. The summed E-state index contributed by atoms with van der Waals surface area (Å²) in [6.07, 6.45) is 4.05. The van der Waals surface area contributed by atoms with Crippen LogP contribution >= 0.6 is 0 Å². The van der Waals surface area contributed by atoms with Crippen LogP contribution in [0.3, 0.4) is 0 Å². The Morgan fingerprint density at radius 2 is 1.75 bits per heavy atom. The third kappa shape index (κ3) is 6.26. The molecule has 20 heavy (non-hydrogen) atoms. The minimum Gasteiger partial charge on any atom is -0.454 e. The second-order valence-electron chi connectivity index (χ2n) is 4.51. The van der Waals surface area contributed by atoms with E-state index in [1.165, 1.54) is 0 Å². The summed E-state index contributed by atoms with van der Waals surface area (Å²) in [5.74, 6) is -1.26. The van der Waals surface area contributed by atoms with E-state index < -0.39 is 33.3 Å². The van der Waals surface area contributed by atoms with Gasteiger partial charge in [0.2, 0.25) is 0 Å². The molecule has 0 heterocycles. The van der Waals surface area contributed by atoms with Crippen molar-refractivity contribution in [2.75, 3.05) is 0 Å². The number of carbonyl (C=O) groups excluding carboxylic acids is 1.